The van der Waals surface area contributed by atoms with Gasteiger partial charge in [-0.3, -0.25) is 4.68 Å². The van der Waals surface area contributed by atoms with Crippen molar-refractivity contribution in [3.8, 4) is 0 Å². The fraction of sp³-hybridized carbons (Fsp3) is 0.400. The Kier molecular flexibility index (Phi) is 3.82. The van der Waals surface area contributed by atoms with Crippen molar-refractivity contribution in [2.24, 2.45) is 7.05 Å². The van der Waals surface area contributed by atoms with Gasteiger partial charge in [0.1, 0.15) is 0 Å². The van der Waals surface area contributed by atoms with E-state index in [0.717, 1.165) is 24.8 Å². The second-order valence-corrected chi connectivity index (χ2v) is 7.28. The van der Waals surface area contributed by atoms with Crippen molar-refractivity contribution in [1.29, 1.82) is 0 Å². The molecule has 1 unspecified atom stereocenters. The highest BCUT2D eigenvalue weighted by Crippen LogP contribution is 2.35. The lowest BCUT2D eigenvalue weighted by Gasteiger charge is -2.34. The summed E-state index contributed by atoms with van der Waals surface area (Å²) >= 11 is 0. The van der Waals surface area contributed by atoms with E-state index in [-0.39, 0.29) is 6.04 Å². The summed E-state index contributed by atoms with van der Waals surface area (Å²) in [5, 5.41) is 4.18. The van der Waals surface area contributed by atoms with Crippen LogP contribution in [-0.2, 0) is 17.1 Å². The maximum atomic E-state index is 12.9. The van der Waals surface area contributed by atoms with E-state index in [9.17, 15) is 8.42 Å². The Morgan fingerprint density at radius 1 is 1.19 bits per heavy atom. The molecule has 0 N–H and O–H groups in total. The van der Waals surface area contributed by atoms with Gasteiger partial charge < -0.3 is 0 Å². The molecule has 21 heavy (non-hydrogen) atoms. The topological polar surface area (TPSA) is 55.2 Å². The van der Waals surface area contributed by atoms with Crippen LogP contribution in [0.5, 0.6) is 0 Å². The van der Waals surface area contributed by atoms with Gasteiger partial charge in [-0.1, -0.05) is 24.6 Å². The third kappa shape index (κ3) is 2.73. The number of aryl methyl sites for hydroxylation is 1. The van der Waals surface area contributed by atoms with Gasteiger partial charge >= 0.3 is 0 Å². The summed E-state index contributed by atoms with van der Waals surface area (Å²) in [7, 11) is -1.60. The molecule has 1 saturated heterocycles. The lowest BCUT2D eigenvalue weighted by Crippen LogP contribution is -2.38. The molecule has 5 nitrogen and oxygen atoms in total. The minimum absolute atomic E-state index is 0.113. The Morgan fingerprint density at radius 2 is 1.95 bits per heavy atom. The monoisotopic (exact) mass is 305 g/mol. The van der Waals surface area contributed by atoms with Crippen LogP contribution in [0.1, 0.15) is 30.9 Å². The molecule has 1 aliphatic rings. The minimum atomic E-state index is -3.45. The van der Waals surface area contributed by atoms with Gasteiger partial charge in [-0.2, -0.15) is 9.40 Å². The summed E-state index contributed by atoms with van der Waals surface area (Å²) in [5.74, 6) is 0. The van der Waals surface area contributed by atoms with Gasteiger partial charge in [0.25, 0.3) is 0 Å². The van der Waals surface area contributed by atoms with E-state index in [0.29, 0.717) is 11.4 Å². The van der Waals surface area contributed by atoms with Crippen LogP contribution in [0.15, 0.2) is 47.6 Å². The molecule has 1 aromatic heterocycles. The largest absolute Gasteiger partial charge is 0.275 e. The van der Waals surface area contributed by atoms with Crippen LogP contribution in [0.2, 0.25) is 0 Å². The SMILES string of the molecule is Cn1cc(C2CCCCN2S(=O)(=O)c2ccccc2)cn1. The highest BCUT2D eigenvalue weighted by Gasteiger charge is 2.34. The quantitative estimate of drug-likeness (QED) is 0.874. The molecule has 0 saturated carbocycles. The standard InChI is InChI=1S/C15H19N3O2S/c1-17-12-13(11-16-17)15-9-5-6-10-18(15)21(19,20)14-7-3-2-4-8-14/h2-4,7-8,11-12,15H,5-6,9-10H2,1H3. The summed E-state index contributed by atoms with van der Waals surface area (Å²) in [6.07, 6.45) is 6.47. The highest BCUT2D eigenvalue weighted by atomic mass is 32.2. The number of hydrogen-bond donors (Lipinski definition) is 0. The van der Waals surface area contributed by atoms with E-state index < -0.39 is 10.0 Å². The van der Waals surface area contributed by atoms with Crippen LogP contribution in [0.4, 0.5) is 0 Å². The van der Waals surface area contributed by atoms with E-state index in [1.807, 2.05) is 19.3 Å². The zero-order valence-corrected chi connectivity index (χ0v) is 12.8. The number of hydrogen-bond acceptors (Lipinski definition) is 3. The zero-order valence-electron chi connectivity index (χ0n) is 12.0. The normalized spacial score (nSPS) is 20.5. The average molecular weight is 305 g/mol. The highest BCUT2D eigenvalue weighted by molar-refractivity contribution is 7.89. The van der Waals surface area contributed by atoms with E-state index in [2.05, 4.69) is 5.10 Å². The van der Waals surface area contributed by atoms with Gasteiger partial charge in [0, 0.05) is 25.4 Å². The van der Waals surface area contributed by atoms with Crippen molar-refractivity contribution in [3.05, 3.63) is 48.3 Å². The van der Waals surface area contributed by atoms with Crippen molar-refractivity contribution >= 4 is 10.0 Å². The maximum absolute atomic E-state index is 12.9. The van der Waals surface area contributed by atoms with E-state index in [1.165, 1.54) is 0 Å². The minimum Gasteiger partial charge on any atom is -0.275 e. The van der Waals surface area contributed by atoms with Crippen LogP contribution >= 0.6 is 0 Å². The lowest BCUT2D eigenvalue weighted by molar-refractivity contribution is 0.256. The summed E-state index contributed by atoms with van der Waals surface area (Å²) in [5.41, 5.74) is 0.969. The molecule has 1 aliphatic heterocycles. The van der Waals surface area contributed by atoms with Gasteiger partial charge in [-0.05, 0) is 25.0 Å². The van der Waals surface area contributed by atoms with E-state index in [4.69, 9.17) is 0 Å². The van der Waals surface area contributed by atoms with Gasteiger partial charge in [-0.15, -0.1) is 0 Å². The Balaban J connectivity index is 1.98. The fourth-order valence-corrected chi connectivity index (χ4v) is 4.57. The Bertz CT molecular complexity index is 710. The first-order valence-corrected chi connectivity index (χ1v) is 8.58. The number of benzene rings is 1. The predicted molar refractivity (Wildman–Crippen MR) is 80.1 cm³/mol. The van der Waals surface area contributed by atoms with Crippen molar-refractivity contribution in [1.82, 2.24) is 14.1 Å². The smallest absolute Gasteiger partial charge is 0.243 e. The molecule has 0 radical (unpaired) electrons. The molecule has 2 heterocycles. The second-order valence-electron chi connectivity index (χ2n) is 5.39. The van der Waals surface area contributed by atoms with Gasteiger partial charge in [0.2, 0.25) is 10.0 Å². The molecule has 0 spiro atoms. The number of sulfonamides is 1. The lowest BCUT2D eigenvalue weighted by atomic mass is 10.0. The molecule has 1 fully saturated rings. The van der Waals surface area contributed by atoms with Crippen molar-refractivity contribution in [3.63, 3.8) is 0 Å². The Hall–Kier alpha value is -1.66. The van der Waals surface area contributed by atoms with E-state index in [1.54, 1.807) is 39.4 Å². The molecule has 3 rings (SSSR count). The summed E-state index contributed by atoms with van der Waals surface area (Å²) in [6, 6.07) is 8.55. The first-order chi connectivity index (χ1) is 10.1. The average Bonchev–Trinajstić information content (AvgIpc) is 2.95. The molecule has 112 valence electrons. The molecule has 0 amide bonds. The van der Waals surface area contributed by atoms with Crippen LogP contribution in [0.25, 0.3) is 0 Å². The zero-order chi connectivity index (χ0) is 14.9. The first kappa shape index (κ1) is 14.3. The summed E-state index contributed by atoms with van der Waals surface area (Å²) in [4.78, 5) is 0.362. The summed E-state index contributed by atoms with van der Waals surface area (Å²) in [6.45, 7) is 0.566. The predicted octanol–water partition coefficient (Wildman–Crippen LogP) is 2.34. The van der Waals surface area contributed by atoms with Crippen LogP contribution in [0, 0.1) is 0 Å². The van der Waals surface area contributed by atoms with Crippen LogP contribution < -0.4 is 0 Å². The number of piperidine rings is 1. The first-order valence-electron chi connectivity index (χ1n) is 7.14. The Labute approximate surface area is 125 Å². The van der Waals surface area contributed by atoms with Gasteiger partial charge in [0.05, 0.1) is 17.1 Å². The second kappa shape index (κ2) is 5.61. The van der Waals surface area contributed by atoms with Crippen LogP contribution in [0.3, 0.4) is 0 Å². The maximum Gasteiger partial charge on any atom is 0.243 e. The summed E-state index contributed by atoms with van der Waals surface area (Å²) < 4.78 is 29.1. The molecule has 0 aliphatic carbocycles. The molecule has 2 aromatic rings. The molecular weight excluding hydrogens is 286 g/mol. The molecule has 1 atom stereocenters. The number of aromatic nitrogens is 2. The molecular formula is C15H19N3O2S. The third-order valence-corrected chi connectivity index (χ3v) is 5.84. The van der Waals surface area contributed by atoms with Crippen LogP contribution in [-0.4, -0.2) is 29.0 Å². The molecule has 6 heteroatoms. The van der Waals surface area contributed by atoms with E-state index >= 15 is 0 Å². The van der Waals surface area contributed by atoms with Gasteiger partial charge in [-0.25, -0.2) is 8.42 Å². The molecule has 1 aromatic carbocycles. The van der Waals surface area contributed by atoms with Crippen molar-refractivity contribution in [2.45, 2.75) is 30.2 Å². The van der Waals surface area contributed by atoms with Crippen molar-refractivity contribution in [2.75, 3.05) is 6.54 Å². The molecule has 0 bridgehead atoms. The van der Waals surface area contributed by atoms with Gasteiger partial charge in [0.15, 0.2) is 0 Å². The number of rotatable bonds is 3. The third-order valence-electron chi connectivity index (χ3n) is 3.91. The fourth-order valence-electron chi connectivity index (χ4n) is 2.87. The van der Waals surface area contributed by atoms with Crippen molar-refractivity contribution < 1.29 is 8.42 Å². The Morgan fingerprint density at radius 3 is 2.62 bits per heavy atom. The number of nitrogens with zero attached hydrogens (tertiary/aromatic N) is 3.